The monoisotopic (exact) mass is 191 g/mol. The van der Waals surface area contributed by atoms with E-state index in [0.29, 0.717) is 11.1 Å². The molecule has 0 unspecified atom stereocenters. The van der Waals surface area contributed by atoms with Crippen LogP contribution in [0.4, 0.5) is 0 Å². The maximum atomic E-state index is 11.5. The molecule has 1 aromatic carbocycles. The van der Waals surface area contributed by atoms with E-state index in [9.17, 15) is 9.59 Å². The first-order valence-electron chi connectivity index (χ1n) is 4.33. The first-order valence-corrected chi connectivity index (χ1v) is 4.33. The quantitative estimate of drug-likeness (QED) is 0.664. The molecule has 0 heterocycles. The van der Waals surface area contributed by atoms with Crippen LogP contribution in [0, 0.1) is 6.92 Å². The molecule has 0 saturated carbocycles. The third kappa shape index (κ3) is 1.99. The zero-order chi connectivity index (χ0) is 10.7. The van der Waals surface area contributed by atoms with Crippen molar-refractivity contribution >= 4 is 12.2 Å². The van der Waals surface area contributed by atoms with Gasteiger partial charge >= 0.3 is 0 Å². The highest BCUT2D eigenvalue weighted by Gasteiger charge is 2.08. The molecule has 0 spiro atoms. The Bertz CT molecular complexity index is 370. The largest absolute Gasteiger partial charge is 0.345 e. The summed E-state index contributed by atoms with van der Waals surface area (Å²) in [5.41, 5.74) is 2.06. The van der Waals surface area contributed by atoms with Gasteiger partial charge in [0.1, 0.15) is 6.29 Å². The van der Waals surface area contributed by atoms with Crippen LogP contribution in [-0.2, 0) is 0 Å². The van der Waals surface area contributed by atoms with Gasteiger partial charge < -0.3 is 4.90 Å². The van der Waals surface area contributed by atoms with Crippen LogP contribution in [0.15, 0.2) is 18.2 Å². The molecule has 0 fully saturated rings. The lowest BCUT2D eigenvalue weighted by molar-refractivity contribution is 0.0827. The first kappa shape index (κ1) is 10.4. The Hall–Kier alpha value is -1.64. The Morgan fingerprint density at radius 1 is 1.36 bits per heavy atom. The molecule has 1 rings (SSSR count). The number of amides is 1. The zero-order valence-electron chi connectivity index (χ0n) is 8.57. The fourth-order valence-electron chi connectivity index (χ4n) is 1.20. The average Bonchev–Trinajstić information content (AvgIpc) is 2.16. The molecule has 0 aliphatic heterocycles. The van der Waals surface area contributed by atoms with Crippen LogP contribution in [0.5, 0.6) is 0 Å². The third-order valence-corrected chi connectivity index (χ3v) is 2.05. The molecule has 0 radical (unpaired) electrons. The molecule has 0 N–H and O–H groups in total. The SMILES string of the molecule is Cc1cc(C(=O)N(C)C)ccc1C=O. The van der Waals surface area contributed by atoms with Crippen molar-refractivity contribution in [3.63, 3.8) is 0 Å². The molecule has 0 saturated heterocycles. The summed E-state index contributed by atoms with van der Waals surface area (Å²) in [5, 5.41) is 0. The lowest BCUT2D eigenvalue weighted by atomic mass is 10.1. The van der Waals surface area contributed by atoms with E-state index >= 15 is 0 Å². The maximum Gasteiger partial charge on any atom is 0.253 e. The second kappa shape index (κ2) is 4.05. The first-order chi connectivity index (χ1) is 6.56. The average molecular weight is 191 g/mol. The molecule has 3 nitrogen and oxygen atoms in total. The Balaban J connectivity index is 3.08. The van der Waals surface area contributed by atoms with E-state index in [-0.39, 0.29) is 5.91 Å². The Kier molecular flexibility index (Phi) is 3.02. The Labute approximate surface area is 83.3 Å². The van der Waals surface area contributed by atoms with Crippen molar-refractivity contribution in [1.82, 2.24) is 4.90 Å². The van der Waals surface area contributed by atoms with Crippen LogP contribution in [0.3, 0.4) is 0 Å². The molecular formula is C11H13NO2. The number of hydrogen-bond acceptors (Lipinski definition) is 2. The molecule has 74 valence electrons. The van der Waals surface area contributed by atoms with Gasteiger partial charge in [-0.2, -0.15) is 0 Å². The van der Waals surface area contributed by atoms with Crippen molar-refractivity contribution in [2.45, 2.75) is 6.92 Å². The smallest absolute Gasteiger partial charge is 0.253 e. The van der Waals surface area contributed by atoms with Gasteiger partial charge in [0.2, 0.25) is 0 Å². The number of hydrogen-bond donors (Lipinski definition) is 0. The van der Waals surface area contributed by atoms with Crippen LogP contribution in [0.2, 0.25) is 0 Å². The molecular weight excluding hydrogens is 178 g/mol. The highest BCUT2D eigenvalue weighted by atomic mass is 16.2. The predicted molar refractivity (Wildman–Crippen MR) is 54.6 cm³/mol. The normalized spacial score (nSPS) is 9.64. The number of carbonyl (C=O) groups is 2. The molecule has 0 atom stereocenters. The van der Waals surface area contributed by atoms with E-state index in [1.165, 1.54) is 4.90 Å². The minimum absolute atomic E-state index is 0.0504. The number of carbonyl (C=O) groups excluding carboxylic acids is 2. The molecule has 14 heavy (non-hydrogen) atoms. The summed E-state index contributed by atoms with van der Waals surface area (Å²) in [7, 11) is 3.40. The summed E-state index contributed by atoms with van der Waals surface area (Å²) in [6, 6.07) is 5.06. The highest BCUT2D eigenvalue weighted by molar-refractivity contribution is 5.95. The minimum Gasteiger partial charge on any atom is -0.345 e. The highest BCUT2D eigenvalue weighted by Crippen LogP contribution is 2.10. The van der Waals surface area contributed by atoms with Crippen molar-refractivity contribution in [2.75, 3.05) is 14.1 Å². The van der Waals surface area contributed by atoms with Gasteiger partial charge in [-0.25, -0.2) is 0 Å². The topological polar surface area (TPSA) is 37.4 Å². The molecule has 1 amide bonds. The van der Waals surface area contributed by atoms with Gasteiger partial charge in [0.15, 0.2) is 0 Å². The number of rotatable bonds is 2. The van der Waals surface area contributed by atoms with Crippen molar-refractivity contribution < 1.29 is 9.59 Å². The standard InChI is InChI=1S/C11H13NO2/c1-8-6-9(11(14)12(2)3)4-5-10(8)7-13/h4-7H,1-3H3. The fraction of sp³-hybridized carbons (Fsp3) is 0.273. The molecule has 3 heteroatoms. The molecule has 0 aliphatic rings. The number of benzene rings is 1. The van der Waals surface area contributed by atoms with Crippen LogP contribution in [0.25, 0.3) is 0 Å². The molecule has 0 aliphatic carbocycles. The van der Waals surface area contributed by atoms with Crippen molar-refractivity contribution in [3.8, 4) is 0 Å². The lowest BCUT2D eigenvalue weighted by Gasteiger charge is -2.10. The predicted octanol–water partition coefficient (Wildman–Crippen LogP) is 1.51. The lowest BCUT2D eigenvalue weighted by Crippen LogP contribution is -2.21. The second-order valence-electron chi connectivity index (χ2n) is 3.39. The van der Waals surface area contributed by atoms with E-state index in [4.69, 9.17) is 0 Å². The summed E-state index contributed by atoms with van der Waals surface area (Å²) in [6.45, 7) is 1.82. The number of aldehydes is 1. The van der Waals surface area contributed by atoms with E-state index in [2.05, 4.69) is 0 Å². The maximum absolute atomic E-state index is 11.5. The summed E-state index contributed by atoms with van der Waals surface area (Å²) >= 11 is 0. The van der Waals surface area contributed by atoms with Gasteiger partial charge in [0.05, 0.1) is 0 Å². The third-order valence-electron chi connectivity index (χ3n) is 2.05. The van der Waals surface area contributed by atoms with Crippen LogP contribution >= 0.6 is 0 Å². The summed E-state index contributed by atoms with van der Waals surface area (Å²) in [6.07, 6.45) is 0.791. The van der Waals surface area contributed by atoms with E-state index in [1.54, 1.807) is 32.3 Å². The zero-order valence-corrected chi connectivity index (χ0v) is 8.57. The van der Waals surface area contributed by atoms with Crippen LogP contribution < -0.4 is 0 Å². The summed E-state index contributed by atoms with van der Waals surface area (Å²) in [5.74, 6) is -0.0504. The summed E-state index contributed by atoms with van der Waals surface area (Å²) in [4.78, 5) is 23.6. The molecule has 0 bridgehead atoms. The van der Waals surface area contributed by atoms with Crippen molar-refractivity contribution in [3.05, 3.63) is 34.9 Å². The van der Waals surface area contributed by atoms with Crippen molar-refractivity contribution in [1.29, 1.82) is 0 Å². The van der Waals surface area contributed by atoms with Gasteiger partial charge in [-0.05, 0) is 24.6 Å². The summed E-state index contributed by atoms with van der Waals surface area (Å²) < 4.78 is 0. The van der Waals surface area contributed by atoms with Gasteiger partial charge in [0.25, 0.3) is 5.91 Å². The van der Waals surface area contributed by atoms with E-state index < -0.39 is 0 Å². The van der Waals surface area contributed by atoms with Gasteiger partial charge in [0, 0.05) is 25.2 Å². The fourth-order valence-corrected chi connectivity index (χ4v) is 1.20. The van der Waals surface area contributed by atoms with Crippen molar-refractivity contribution in [2.24, 2.45) is 0 Å². The van der Waals surface area contributed by atoms with E-state index in [0.717, 1.165) is 11.8 Å². The van der Waals surface area contributed by atoms with Gasteiger partial charge in [-0.3, -0.25) is 9.59 Å². The van der Waals surface area contributed by atoms with Gasteiger partial charge in [-0.1, -0.05) is 6.07 Å². The van der Waals surface area contributed by atoms with Gasteiger partial charge in [-0.15, -0.1) is 0 Å². The number of nitrogens with zero attached hydrogens (tertiary/aromatic N) is 1. The molecule has 1 aromatic rings. The van der Waals surface area contributed by atoms with Crippen LogP contribution in [0.1, 0.15) is 26.3 Å². The minimum atomic E-state index is -0.0504. The number of aryl methyl sites for hydroxylation is 1. The second-order valence-corrected chi connectivity index (χ2v) is 3.39. The Morgan fingerprint density at radius 2 is 2.00 bits per heavy atom. The van der Waals surface area contributed by atoms with E-state index in [1.807, 2.05) is 6.92 Å². The molecule has 0 aromatic heterocycles. The van der Waals surface area contributed by atoms with Crippen LogP contribution in [-0.4, -0.2) is 31.2 Å². The Morgan fingerprint density at radius 3 is 2.43 bits per heavy atom.